The average Bonchev–Trinajstić information content (AvgIpc) is 3.24. The zero-order valence-electron chi connectivity index (χ0n) is 22.9. The van der Waals surface area contributed by atoms with E-state index >= 15 is 0 Å². The van der Waals surface area contributed by atoms with Crippen LogP contribution in [0.25, 0.3) is 0 Å². The van der Waals surface area contributed by atoms with Crippen LogP contribution < -0.4 is 14.4 Å². The van der Waals surface area contributed by atoms with Crippen LogP contribution >= 0.6 is 0 Å². The van der Waals surface area contributed by atoms with Gasteiger partial charge in [-0.2, -0.15) is 13.2 Å². The second-order valence-corrected chi connectivity index (χ2v) is 10.5. The van der Waals surface area contributed by atoms with Gasteiger partial charge in [-0.05, 0) is 74.2 Å². The van der Waals surface area contributed by atoms with Crippen molar-refractivity contribution in [1.82, 2.24) is 4.90 Å². The number of halogens is 3. The van der Waals surface area contributed by atoms with Gasteiger partial charge >= 0.3 is 6.18 Å². The summed E-state index contributed by atoms with van der Waals surface area (Å²) < 4.78 is 51.3. The van der Waals surface area contributed by atoms with E-state index < -0.39 is 23.1 Å². The highest BCUT2D eigenvalue weighted by atomic mass is 19.4. The van der Waals surface area contributed by atoms with Crippen molar-refractivity contribution in [2.75, 3.05) is 38.8 Å². The lowest BCUT2D eigenvalue weighted by Crippen LogP contribution is -2.48. The van der Waals surface area contributed by atoms with Crippen LogP contribution in [-0.2, 0) is 11.6 Å². The molecule has 0 saturated carbocycles. The Morgan fingerprint density at radius 3 is 2.23 bits per heavy atom. The molecule has 2 heterocycles. The first-order valence-corrected chi connectivity index (χ1v) is 13.1. The molecule has 2 amide bonds. The van der Waals surface area contributed by atoms with Crippen molar-refractivity contribution < 1.29 is 32.2 Å². The summed E-state index contributed by atoms with van der Waals surface area (Å²) >= 11 is 0. The summed E-state index contributed by atoms with van der Waals surface area (Å²) in [6, 6.07) is 14.7. The number of carbonyl (C=O) groups is 2. The molecule has 5 rings (SSSR count). The van der Waals surface area contributed by atoms with Crippen LogP contribution in [0.3, 0.4) is 0 Å². The van der Waals surface area contributed by atoms with E-state index in [4.69, 9.17) is 9.47 Å². The minimum absolute atomic E-state index is 0.0412. The monoisotopic (exact) mass is 552 g/mol. The number of nitrogens with zero attached hydrogens (tertiary/aromatic N) is 2. The van der Waals surface area contributed by atoms with Gasteiger partial charge < -0.3 is 19.3 Å². The zero-order valence-corrected chi connectivity index (χ0v) is 22.9. The van der Waals surface area contributed by atoms with E-state index in [1.54, 1.807) is 28.0 Å². The SMILES string of the molecule is COc1ccc(C(=O)N2CCC3(CC2)CN(C(=O)c2cccc(C(F)(F)F)c2C)c2ccc(C)cc23)cc1OC. The van der Waals surface area contributed by atoms with Crippen molar-refractivity contribution in [3.63, 3.8) is 0 Å². The first-order valence-electron chi connectivity index (χ1n) is 13.1. The largest absolute Gasteiger partial charge is 0.493 e. The van der Waals surface area contributed by atoms with Crippen molar-refractivity contribution in [3.05, 3.63) is 88.0 Å². The lowest BCUT2D eigenvalue weighted by atomic mass is 9.74. The average molecular weight is 553 g/mol. The molecule has 6 nitrogen and oxygen atoms in total. The number of piperidine rings is 1. The van der Waals surface area contributed by atoms with Gasteiger partial charge in [-0.3, -0.25) is 9.59 Å². The molecule has 1 spiro atoms. The molecule has 0 bridgehead atoms. The normalized spacial score (nSPS) is 16.2. The quantitative estimate of drug-likeness (QED) is 0.388. The number of amides is 2. The molecule has 0 unspecified atom stereocenters. The number of methoxy groups -OCH3 is 2. The van der Waals surface area contributed by atoms with Gasteiger partial charge in [0, 0.05) is 41.9 Å². The Morgan fingerprint density at radius 1 is 0.875 bits per heavy atom. The van der Waals surface area contributed by atoms with Gasteiger partial charge in [0.1, 0.15) is 0 Å². The van der Waals surface area contributed by atoms with Crippen LogP contribution in [0, 0.1) is 13.8 Å². The number of likely N-dealkylation sites (tertiary alicyclic amines) is 1. The number of ether oxygens (including phenoxy) is 2. The van der Waals surface area contributed by atoms with E-state index in [9.17, 15) is 22.8 Å². The molecule has 1 fully saturated rings. The van der Waals surface area contributed by atoms with Crippen molar-refractivity contribution in [2.24, 2.45) is 0 Å². The highest BCUT2D eigenvalue weighted by Crippen LogP contribution is 2.48. The molecule has 0 aromatic heterocycles. The molecular weight excluding hydrogens is 521 g/mol. The molecule has 0 aliphatic carbocycles. The second-order valence-electron chi connectivity index (χ2n) is 10.5. The van der Waals surface area contributed by atoms with Gasteiger partial charge in [0.25, 0.3) is 11.8 Å². The molecule has 210 valence electrons. The Morgan fingerprint density at radius 2 is 1.57 bits per heavy atom. The van der Waals surface area contributed by atoms with Crippen molar-refractivity contribution >= 4 is 17.5 Å². The highest BCUT2D eigenvalue weighted by Gasteiger charge is 2.47. The van der Waals surface area contributed by atoms with E-state index in [1.807, 2.05) is 19.1 Å². The number of alkyl halides is 3. The van der Waals surface area contributed by atoms with Gasteiger partial charge in [-0.25, -0.2) is 0 Å². The molecule has 1 saturated heterocycles. The predicted molar refractivity (Wildman–Crippen MR) is 145 cm³/mol. The summed E-state index contributed by atoms with van der Waals surface area (Å²) in [4.78, 5) is 30.5. The van der Waals surface area contributed by atoms with E-state index in [0.717, 1.165) is 17.2 Å². The number of carbonyl (C=O) groups excluding carboxylic acids is 2. The van der Waals surface area contributed by atoms with E-state index in [2.05, 4.69) is 6.07 Å². The third kappa shape index (κ3) is 4.67. The molecule has 9 heteroatoms. The van der Waals surface area contributed by atoms with Crippen molar-refractivity contribution in [1.29, 1.82) is 0 Å². The Labute approximate surface area is 231 Å². The number of rotatable bonds is 4. The van der Waals surface area contributed by atoms with Crippen LogP contribution in [0.15, 0.2) is 54.6 Å². The molecule has 0 N–H and O–H groups in total. The number of hydrogen-bond donors (Lipinski definition) is 0. The van der Waals surface area contributed by atoms with Gasteiger partial charge in [-0.1, -0.05) is 23.8 Å². The number of aryl methyl sites for hydroxylation is 1. The molecule has 0 radical (unpaired) electrons. The number of fused-ring (bicyclic) bond motifs is 2. The van der Waals surface area contributed by atoms with Gasteiger partial charge in [0.15, 0.2) is 11.5 Å². The minimum Gasteiger partial charge on any atom is -0.493 e. The third-order valence-corrected chi connectivity index (χ3v) is 8.23. The standard InChI is InChI=1S/C31H31F3N2O4/c1-19-8-10-25-24(16-19)30(18-36(25)29(38)22-6-5-7-23(20(22)2)31(32,33)34)12-14-35(15-13-30)28(37)21-9-11-26(39-3)27(17-21)40-4/h5-11,16-17H,12-15,18H2,1-4H3. The summed E-state index contributed by atoms with van der Waals surface area (Å²) in [5.41, 5.74) is 2.00. The summed E-state index contributed by atoms with van der Waals surface area (Å²) in [5, 5.41) is 0. The molecule has 0 atom stereocenters. The topological polar surface area (TPSA) is 59.1 Å². The van der Waals surface area contributed by atoms with Crippen molar-refractivity contribution in [3.8, 4) is 11.5 Å². The van der Waals surface area contributed by atoms with E-state index in [-0.39, 0.29) is 17.0 Å². The summed E-state index contributed by atoms with van der Waals surface area (Å²) in [7, 11) is 3.05. The fraction of sp³-hybridized carbons (Fsp3) is 0.355. The molecule has 3 aromatic rings. The first kappa shape index (κ1) is 27.6. The molecule has 2 aliphatic heterocycles. The minimum atomic E-state index is -4.55. The second kappa shape index (κ2) is 10.2. The van der Waals surface area contributed by atoms with Crippen LogP contribution in [0.4, 0.5) is 18.9 Å². The Kier molecular flexibility index (Phi) is 7.02. The first-order chi connectivity index (χ1) is 19.0. The Hall–Kier alpha value is -4.01. The van der Waals surface area contributed by atoms with Crippen molar-refractivity contribution in [2.45, 2.75) is 38.3 Å². The van der Waals surface area contributed by atoms with Crippen LogP contribution in [0.5, 0.6) is 11.5 Å². The number of benzene rings is 3. The fourth-order valence-electron chi connectivity index (χ4n) is 6.00. The lowest BCUT2D eigenvalue weighted by molar-refractivity contribution is -0.138. The van der Waals surface area contributed by atoms with Gasteiger partial charge in [0.2, 0.25) is 0 Å². The molecule has 2 aliphatic rings. The third-order valence-electron chi connectivity index (χ3n) is 8.23. The maximum atomic E-state index is 13.8. The molecular formula is C31H31F3N2O4. The summed E-state index contributed by atoms with van der Waals surface area (Å²) in [6.07, 6.45) is -3.31. The van der Waals surface area contributed by atoms with Crippen LogP contribution in [0.1, 0.15) is 55.8 Å². The lowest BCUT2D eigenvalue weighted by Gasteiger charge is -2.40. The number of anilines is 1. The predicted octanol–water partition coefficient (Wildman–Crippen LogP) is 6.17. The van der Waals surface area contributed by atoms with Gasteiger partial charge in [-0.15, -0.1) is 0 Å². The van der Waals surface area contributed by atoms with Crippen LogP contribution in [0.2, 0.25) is 0 Å². The maximum Gasteiger partial charge on any atom is 0.416 e. The highest BCUT2D eigenvalue weighted by molar-refractivity contribution is 6.09. The zero-order chi connectivity index (χ0) is 28.8. The molecule has 40 heavy (non-hydrogen) atoms. The smallest absolute Gasteiger partial charge is 0.416 e. The number of hydrogen-bond acceptors (Lipinski definition) is 4. The molecule has 3 aromatic carbocycles. The fourth-order valence-corrected chi connectivity index (χ4v) is 6.00. The summed E-state index contributed by atoms with van der Waals surface area (Å²) in [6.45, 7) is 4.62. The van der Waals surface area contributed by atoms with Gasteiger partial charge in [0.05, 0.1) is 19.8 Å². The maximum absolute atomic E-state index is 13.8. The Balaban J connectivity index is 1.42. The van der Waals surface area contributed by atoms with E-state index in [1.165, 1.54) is 33.3 Å². The van der Waals surface area contributed by atoms with Crippen LogP contribution in [-0.4, -0.2) is 50.6 Å². The van der Waals surface area contributed by atoms with E-state index in [0.29, 0.717) is 55.2 Å². The Bertz CT molecular complexity index is 1480. The summed E-state index contributed by atoms with van der Waals surface area (Å²) in [5.74, 6) is 0.441.